The number of hydrogen-bond donors (Lipinski definition) is 2. The van der Waals surface area contributed by atoms with Crippen molar-refractivity contribution >= 4 is 24.4 Å². The first kappa shape index (κ1) is 26.9. The van der Waals surface area contributed by atoms with Gasteiger partial charge in [-0.1, -0.05) is 24.3 Å². The molecular formula is C23H25NO11. The highest BCUT2D eigenvalue weighted by atomic mass is 16.7. The molecule has 2 rings (SSSR count). The number of para-hydroxylation sites is 1. The SMILES string of the molecule is COC(=O)Oc1ccc(C(CC(C)OC(=O)Oc2ccccc2)[C@H](N)C(=O)O)cc1OC(=O)OC. The third kappa shape index (κ3) is 8.19. The maximum absolute atomic E-state index is 12.1. The number of methoxy groups -OCH3 is 2. The van der Waals surface area contributed by atoms with Gasteiger partial charge in [0.05, 0.1) is 14.2 Å². The summed E-state index contributed by atoms with van der Waals surface area (Å²) in [6.07, 6.45) is -4.03. The fourth-order valence-corrected chi connectivity index (χ4v) is 3.02. The van der Waals surface area contributed by atoms with Gasteiger partial charge in [0, 0.05) is 5.92 Å². The highest BCUT2D eigenvalue weighted by Crippen LogP contribution is 2.35. The number of carbonyl (C=O) groups excluding carboxylic acids is 3. The minimum Gasteiger partial charge on any atom is -0.480 e. The van der Waals surface area contributed by atoms with E-state index in [4.69, 9.17) is 24.7 Å². The predicted molar refractivity (Wildman–Crippen MR) is 118 cm³/mol. The second-order valence-corrected chi connectivity index (χ2v) is 7.12. The summed E-state index contributed by atoms with van der Waals surface area (Å²) in [6.45, 7) is 1.54. The summed E-state index contributed by atoms with van der Waals surface area (Å²) < 4.78 is 29.2. The Hall–Kier alpha value is -4.32. The van der Waals surface area contributed by atoms with E-state index in [1.54, 1.807) is 30.3 Å². The summed E-state index contributed by atoms with van der Waals surface area (Å²) >= 11 is 0. The summed E-state index contributed by atoms with van der Waals surface area (Å²) in [5, 5.41) is 9.51. The van der Waals surface area contributed by atoms with Crippen LogP contribution in [0.4, 0.5) is 14.4 Å². The third-order valence-electron chi connectivity index (χ3n) is 4.66. The number of carbonyl (C=O) groups is 4. The molecule has 0 aliphatic carbocycles. The van der Waals surface area contributed by atoms with Crippen molar-refractivity contribution < 1.29 is 52.7 Å². The van der Waals surface area contributed by atoms with Gasteiger partial charge in [0.15, 0.2) is 11.5 Å². The van der Waals surface area contributed by atoms with Crippen LogP contribution in [0.1, 0.15) is 24.8 Å². The monoisotopic (exact) mass is 491 g/mol. The minimum atomic E-state index is -1.43. The average molecular weight is 491 g/mol. The van der Waals surface area contributed by atoms with E-state index in [2.05, 4.69) is 9.47 Å². The van der Waals surface area contributed by atoms with Crippen molar-refractivity contribution in [3.05, 3.63) is 54.1 Å². The van der Waals surface area contributed by atoms with Gasteiger partial charge in [-0.05, 0) is 43.2 Å². The molecular weight excluding hydrogens is 466 g/mol. The highest BCUT2D eigenvalue weighted by molar-refractivity contribution is 5.75. The molecule has 12 heteroatoms. The van der Waals surface area contributed by atoms with E-state index in [0.29, 0.717) is 5.56 Å². The molecule has 3 N–H and O–H groups in total. The zero-order valence-electron chi connectivity index (χ0n) is 19.2. The first-order valence-electron chi connectivity index (χ1n) is 10.2. The Morgan fingerprint density at radius 1 is 0.857 bits per heavy atom. The van der Waals surface area contributed by atoms with Gasteiger partial charge in [-0.2, -0.15) is 0 Å². The average Bonchev–Trinajstić information content (AvgIpc) is 2.83. The molecule has 12 nitrogen and oxygen atoms in total. The Morgan fingerprint density at radius 3 is 2.03 bits per heavy atom. The highest BCUT2D eigenvalue weighted by Gasteiger charge is 2.30. The number of rotatable bonds is 9. The summed E-state index contributed by atoms with van der Waals surface area (Å²) in [5.41, 5.74) is 6.20. The first-order chi connectivity index (χ1) is 16.6. The van der Waals surface area contributed by atoms with E-state index >= 15 is 0 Å². The van der Waals surface area contributed by atoms with E-state index < -0.39 is 42.5 Å². The number of carboxylic acid groups (broad SMARTS) is 1. The zero-order valence-corrected chi connectivity index (χ0v) is 19.2. The first-order valence-corrected chi connectivity index (χ1v) is 10.2. The van der Waals surface area contributed by atoms with Crippen LogP contribution in [0.2, 0.25) is 0 Å². The van der Waals surface area contributed by atoms with Gasteiger partial charge < -0.3 is 39.3 Å². The lowest BCUT2D eigenvalue weighted by Gasteiger charge is -2.25. The standard InChI is InChI=1S/C23H25NO11/c1-13(32-23(29)33-15-7-5-4-6-8-15)11-16(19(24)20(25)26)14-9-10-17(34-21(27)30-2)18(12-14)35-22(28)31-3/h4-10,12-13,16,19H,11,24H2,1-3H3,(H,25,26)/t13?,16?,19-/m0/s1. The van der Waals surface area contributed by atoms with Crippen molar-refractivity contribution in [1.82, 2.24) is 0 Å². The van der Waals surface area contributed by atoms with Crippen LogP contribution in [0.15, 0.2) is 48.5 Å². The smallest absolute Gasteiger partial charge is 0.480 e. The molecule has 2 aromatic carbocycles. The Morgan fingerprint density at radius 2 is 1.46 bits per heavy atom. The summed E-state index contributed by atoms with van der Waals surface area (Å²) in [5.74, 6) is -2.41. The maximum atomic E-state index is 12.1. The molecule has 0 radical (unpaired) electrons. The van der Waals surface area contributed by atoms with Gasteiger partial charge in [-0.25, -0.2) is 14.4 Å². The van der Waals surface area contributed by atoms with Crippen molar-refractivity contribution in [2.45, 2.75) is 31.4 Å². The normalized spacial score (nSPS) is 12.9. The Bertz CT molecular complexity index is 1040. The Labute approximate surface area is 200 Å². The molecule has 2 unspecified atom stereocenters. The number of hydrogen-bond acceptors (Lipinski definition) is 11. The number of carboxylic acids is 1. The molecule has 0 aliphatic heterocycles. The molecule has 3 atom stereocenters. The van der Waals surface area contributed by atoms with Crippen molar-refractivity contribution in [1.29, 1.82) is 0 Å². The van der Waals surface area contributed by atoms with Crippen molar-refractivity contribution in [2.24, 2.45) is 5.73 Å². The van der Waals surface area contributed by atoms with Crippen LogP contribution >= 0.6 is 0 Å². The molecule has 0 spiro atoms. The fraction of sp³-hybridized carbons (Fsp3) is 0.304. The van der Waals surface area contributed by atoms with Crippen LogP contribution in [0, 0.1) is 0 Å². The van der Waals surface area contributed by atoms with E-state index in [1.165, 1.54) is 25.1 Å². The van der Waals surface area contributed by atoms with E-state index in [-0.39, 0.29) is 23.7 Å². The molecule has 0 aliphatic rings. The lowest BCUT2D eigenvalue weighted by atomic mass is 9.87. The van der Waals surface area contributed by atoms with Crippen molar-refractivity contribution in [2.75, 3.05) is 14.2 Å². The van der Waals surface area contributed by atoms with Crippen LogP contribution in [0.25, 0.3) is 0 Å². The van der Waals surface area contributed by atoms with Crippen LogP contribution in [0.5, 0.6) is 17.2 Å². The third-order valence-corrected chi connectivity index (χ3v) is 4.66. The Kier molecular flexibility index (Phi) is 9.84. The van der Waals surface area contributed by atoms with Crippen LogP contribution in [-0.2, 0) is 19.0 Å². The second kappa shape index (κ2) is 12.8. The van der Waals surface area contributed by atoms with Crippen LogP contribution < -0.4 is 19.9 Å². The molecule has 0 saturated carbocycles. The fourth-order valence-electron chi connectivity index (χ4n) is 3.02. The number of nitrogens with two attached hydrogens (primary N) is 1. The topological polar surface area (TPSA) is 170 Å². The van der Waals surface area contributed by atoms with Crippen molar-refractivity contribution in [3.8, 4) is 17.2 Å². The Balaban J connectivity index is 2.27. The number of aliphatic carboxylic acids is 1. The van der Waals surface area contributed by atoms with Crippen LogP contribution in [0.3, 0.4) is 0 Å². The lowest BCUT2D eigenvalue weighted by Crippen LogP contribution is -2.38. The largest absolute Gasteiger partial charge is 0.514 e. The molecule has 0 amide bonds. The van der Waals surface area contributed by atoms with Gasteiger partial charge in [-0.15, -0.1) is 0 Å². The predicted octanol–water partition coefficient (Wildman–Crippen LogP) is 3.47. The molecule has 0 heterocycles. The summed E-state index contributed by atoms with van der Waals surface area (Å²) in [4.78, 5) is 46.9. The molecule has 0 fully saturated rings. The zero-order chi connectivity index (χ0) is 26.0. The summed E-state index contributed by atoms with van der Waals surface area (Å²) in [6, 6.07) is 10.8. The molecule has 0 saturated heterocycles. The quantitative estimate of drug-likeness (QED) is 0.298. The van der Waals surface area contributed by atoms with Gasteiger partial charge in [0.25, 0.3) is 0 Å². The molecule has 0 aromatic heterocycles. The van der Waals surface area contributed by atoms with Crippen molar-refractivity contribution in [3.63, 3.8) is 0 Å². The second-order valence-electron chi connectivity index (χ2n) is 7.12. The van der Waals surface area contributed by atoms with E-state index in [1.807, 2.05) is 0 Å². The van der Waals surface area contributed by atoms with E-state index in [9.17, 15) is 24.3 Å². The van der Waals surface area contributed by atoms with Gasteiger partial charge in [0.2, 0.25) is 0 Å². The number of benzene rings is 2. The number of ether oxygens (including phenoxy) is 6. The van der Waals surface area contributed by atoms with Gasteiger partial charge in [0.1, 0.15) is 17.9 Å². The van der Waals surface area contributed by atoms with Gasteiger partial charge in [-0.3, -0.25) is 4.79 Å². The van der Waals surface area contributed by atoms with Gasteiger partial charge >= 0.3 is 24.4 Å². The minimum absolute atomic E-state index is 0.0355. The van der Waals surface area contributed by atoms with Crippen LogP contribution in [-0.4, -0.2) is 55.9 Å². The lowest BCUT2D eigenvalue weighted by molar-refractivity contribution is -0.139. The molecule has 188 valence electrons. The molecule has 35 heavy (non-hydrogen) atoms. The molecule has 2 aromatic rings. The maximum Gasteiger partial charge on any atom is 0.514 e. The molecule has 0 bridgehead atoms. The summed E-state index contributed by atoms with van der Waals surface area (Å²) in [7, 11) is 2.16. The van der Waals surface area contributed by atoms with E-state index in [0.717, 1.165) is 14.2 Å².